The number of benzene rings is 1. The van der Waals surface area contributed by atoms with Crippen LogP contribution in [0.2, 0.25) is 0 Å². The summed E-state index contributed by atoms with van der Waals surface area (Å²) in [4.78, 5) is 15.1. The number of hydrogen-bond donors (Lipinski definition) is 2. The van der Waals surface area contributed by atoms with E-state index in [-0.39, 0.29) is 6.42 Å². The second-order valence-corrected chi connectivity index (χ2v) is 6.78. The van der Waals surface area contributed by atoms with Crippen LogP contribution in [-0.2, 0) is 28.8 Å². The fourth-order valence-electron chi connectivity index (χ4n) is 2.43. The van der Waals surface area contributed by atoms with Crippen molar-refractivity contribution in [2.45, 2.75) is 45.3 Å². The van der Waals surface area contributed by atoms with Gasteiger partial charge in [0.25, 0.3) is 0 Å². The highest BCUT2D eigenvalue weighted by Gasteiger charge is 2.09. The molecule has 0 amide bonds. The lowest BCUT2D eigenvalue weighted by Gasteiger charge is -2.02. The average molecular weight is 349 g/mol. The lowest BCUT2D eigenvalue weighted by atomic mass is 10.0. The highest BCUT2D eigenvalue weighted by molar-refractivity contribution is 7.09. The topological polar surface area (TPSA) is 79.7 Å². The maximum atomic E-state index is 10.7. The van der Waals surface area contributed by atoms with Crippen LogP contribution in [0.25, 0.3) is 0 Å². The zero-order chi connectivity index (χ0) is 17.4. The van der Waals surface area contributed by atoms with E-state index in [1.165, 1.54) is 5.56 Å². The quantitative estimate of drug-likeness (QED) is 0.867. The molecule has 0 aliphatic carbocycles. The SMILES string of the molecule is Cc1nc(CCc2cccc(CC(=O)O)c2)cs1.OC1CCCO1. The Morgan fingerprint density at radius 1 is 1.38 bits per heavy atom. The Morgan fingerprint density at radius 2 is 2.17 bits per heavy atom. The lowest BCUT2D eigenvalue weighted by Crippen LogP contribution is -2.01. The molecule has 1 aliphatic heterocycles. The third-order valence-corrected chi connectivity index (χ3v) is 4.41. The summed E-state index contributed by atoms with van der Waals surface area (Å²) < 4.78 is 4.71. The molecule has 1 saturated heterocycles. The Balaban J connectivity index is 0.000000292. The molecule has 2 aromatic rings. The van der Waals surface area contributed by atoms with E-state index in [4.69, 9.17) is 14.9 Å². The van der Waals surface area contributed by atoms with Crippen molar-refractivity contribution >= 4 is 17.3 Å². The zero-order valence-electron chi connectivity index (χ0n) is 13.8. The van der Waals surface area contributed by atoms with Crippen LogP contribution in [0.1, 0.15) is 34.7 Å². The van der Waals surface area contributed by atoms with Gasteiger partial charge in [-0.1, -0.05) is 24.3 Å². The molecule has 3 rings (SSSR count). The number of aromatic nitrogens is 1. The number of carbonyl (C=O) groups is 1. The van der Waals surface area contributed by atoms with Gasteiger partial charge in [-0.05, 0) is 37.3 Å². The van der Waals surface area contributed by atoms with Crippen LogP contribution in [0.3, 0.4) is 0 Å². The van der Waals surface area contributed by atoms with Gasteiger partial charge in [0.05, 0.1) is 17.1 Å². The monoisotopic (exact) mass is 349 g/mol. The van der Waals surface area contributed by atoms with Gasteiger partial charge >= 0.3 is 5.97 Å². The first-order chi connectivity index (χ1) is 11.5. The number of aryl methyl sites for hydroxylation is 3. The predicted octanol–water partition coefficient (Wildman–Crippen LogP) is 2.98. The Kier molecular flexibility index (Phi) is 7.36. The summed E-state index contributed by atoms with van der Waals surface area (Å²) >= 11 is 1.66. The first kappa shape index (κ1) is 18.6. The summed E-state index contributed by atoms with van der Waals surface area (Å²) in [5.41, 5.74) is 3.13. The minimum atomic E-state index is -0.790. The maximum absolute atomic E-state index is 10.7. The van der Waals surface area contributed by atoms with Crippen LogP contribution in [0.5, 0.6) is 0 Å². The van der Waals surface area contributed by atoms with Crippen molar-refractivity contribution in [1.82, 2.24) is 4.98 Å². The summed E-state index contributed by atoms with van der Waals surface area (Å²) in [6.07, 6.45) is 3.27. The van der Waals surface area contributed by atoms with Crippen molar-refractivity contribution in [2.24, 2.45) is 0 Å². The van der Waals surface area contributed by atoms with E-state index in [9.17, 15) is 4.79 Å². The van der Waals surface area contributed by atoms with Gasteiger partial charge in [0.15, 0.2) is 6.29 Å². The normalized spacial score (nSPS) is 16.5. The average Bonchev–Trinajstić information content (AvgIpc) is 3.17. The third kappa shape index (κ3) is 6.78. The number of carboxylic acids is 1. The molecule has 2 heterocycles. The van der Waals surface area contributed by atoms with Crippen molar-refractivity contribution in [2.75, 3.05) is 6.61 Å². The summed E-state index contributed by atoms with van der Waals surface area (Å²) in [6, 6.07) is 7.77. The van der Waals surface area contributed by atoms with E-state index in [0.717, 1.165) is 48.6 Å². The lowest BCUT2D eigenvalue weighted by molar-refractivity contribution is -0.136. The highest BCUT2D eigenvalue weighted by atomic mass is 32.1. The number of ether oxygens (including phenoxy) is 1. The molecule has 1 unspecified atom stereocenters. The van der Waals surface area contributed by atoms with Gasteiger partial charge in [-0.2, -0.15) is 0 Å². The number of aliphatic hydroxyl groups excluding tert-OH is 1. The molecule has 1 aliphatic rings. The van der Waals surface area contributed by atoms with E-state index in [0.29, 0.717) is 0 Å². The molecule has 0 spiro atoms. The van der Waals surface area contributed by atoms with Gasteiger partial charge in [0, 0.05) is 18.4 Å². The molecule has 1 aromatic carbocycles. The predicted molar refractivity (Wildman–Crippen MR) is 93.2 cm³/mol. The number of hydrogen-bond acceptors (Lipinski definition) is 5. The van der Waals surface area contributed by atoms with Crippen molar-refractivity contribution < 1.29 is 19.7 Å². The van der Waals surface area contributed by atoms with Gasteiger partial charge in [0.2, 0.25) is 0 Å². The van der Waals surface area contributed by atoms with Crippen LogP contribution < -0.4 is 0 Å². The molecule has 1 aromatic heterocycles. The van der Waals surface area contributed by atoms with Crippen molar-refractivity contribution in [1.29, 1.82) is 0 Å². The van der Waals surface area contributed by atoms with Crippen molar-refractivity contribution in [3.8, 4) is 0 Å². The molecule has 6 heteroatoms. The molecule has 2 N–H and O–H groups in total. The molecule has 5 nitrogen and oxygen atoms in total. The number of nitrogens with zero attached hydrogens (tertiary/aromatic N) is 1. The zero-order valence-corrected chi connectivity index (χ0v) is 14.6. The summed E-state index contributed by atoms with van der Waals surface area (Å²) in [7, 11) is 0. The molecule has 0 bridgehead atoms. The van der Waals surface area contributed by atoms with E-state index < -0.39 is 12.3 Å². The number of aliphatic hydroxyl groups is 1. The van der Waals surface area contributed by atoms with Crippen LogP contribution in [0.15, 0.2) is 29.6 Å². The molecule has 130 valence electrons. The van der Waals surface area contributed by atoms with Crippen LogP contribution in [0.4, 0.5) is 0 Å². The minimum Gasteiger partial charge on any atom is -0.481 e. The maximum Gasteiger partial charge on any atom is 0.307 e. The number of carboxylic acid groups (broad SMARTS) is 1. The summed E-state index contributed by atoms with van der Waals surface area (Å²) in [5, 5.41) is 20.4. The third-order valence-electron chi connectivity index (χ3n) is 3.59. The van der Waals surface area contributed by atoms with Gasteiger partial charge in [-0.25, -0.2) is 4.98 Å². The first-order valence-corrected chi connectivity index (χ1v) is 8.91. The highest BCUT2D eigenvalue weighted by Crippen LogP contribution is 2.13. The largest absolute Gasteiger partial charge is 0.481 e. The fraction of sp³-hybridized carbons (Fsp3) is 0.444. The van der Waals surface area contributed by atoms with Gasteiger partial charge in [-0.3, -0.25) is 4.79 Å². The molecule has 24 heavy (non-hydrogen) atoms. The van der Waals surface area contributed by atoms with E-state index in [1.54, 1.807) is 11.3 Å². The molecular weight excluding hydrogens is 326 g/mol. The van der Waals surface area contributed by atoms with E-state index in [1.807, 2.05) is 31.2 Å². The van der Waals surface area contributed by atoms with Crippen LogP contribution in [-0.4, -0.2) is 34.1 Å². The standard InChI is InChI=1S/C14H15NO2S.C4H8O2/c1-10-15-13(9-18-10)6-5-11-3-2-4-12(7-11)8-14(16)17;5-4-2-1-3-6-4/h2-4,7,9H,5-6,8H2,1H3,(H,16,17);4-5H,1-3H2. The molecule has 1 fully saturated rings. The fourth-order valence-corrected chi connectivity index (χ4v) is 3.07. The van der Waals surface area contributed by atoms with E-state index >= 15 is 0 Å². The van der Waals surface area contributed by atoms with Crippen molar-refractivity contribution in [3.05, 3.63) is 51.5 Å². The molecular formula is C18H23NO4S. The van der Waals surface area contributed by atoms with Gasteiger partial charge in [-0.15, -0.1) is 11.3 Å². The molecule has 0 saturated carbocycles. The summed E-state index contributed by atoms with van der Waals surface area (Å²) in [6.45, 7) is 2.74. The Morgan fingerprint density at radius 3 is 2.71 bits per heavy atom. The number of aliphatic carboxylic acids is 1. The number of rotatable bonds is 5. The van der Waals surface area contributed by atoms with Gasteiger partial charge < -0.3 is 14.9 Å². The van der Waals surface area contributed by atoms with Gasteiger partial charge in [0.1, 0.15) is 0 Å². The van der Waals surface area contributed by atoms with Crippen LogP contribution >= 0.6 is 11.3 Å². The summed E-state index contributed by atoms with van der Waals surface area (Å²) in [5.74, 6) is -0.790. The Labute approximate surface area is 145 Å². The Hall–Kier alpha value is -1.76. The molecule has 1 atom stereocenters. The van der Waals surface area contributed by atoms with Crippen LogP contribution in [0, 0.1) is 6.92 Å². The van der Waals surface area contributed by atoms with E-state index in [2.05, 4.69) is 10.4 Å². The Bertz CT molecular complexity index is 650. The smallest absolute Gasteiger partial charge is 0.307 e. The first-order valence-electron chi connectivity index (χ1n) is 8.03. The number of thiazole rings is 1. The molecule has 0 radical (unpaired) electrons. The minimum absolute atomic E-state index is 0.0870. The second-order valence-electron chi connectivity index (χ2n) is 5.72. The second kappa shape index (κ2) is 9.52. The van der Waals surface area contributed by atoms with Crippen molar-refractivity contribution in [3.63, 3.8) is 0 Å².